The van der Waals surface area contributed by atoms with Gasteiger partial charge in [0.1, 0.15) is 0 Å². The van der Waals surface area contributed by atoms with E-state index in [9.17, 15) is 0 Å². The minimum Gasteiger partial charge on any atom is -0.307 e. The second kappa shape index (κ2) is 3.95. The van der Waals surface area contributed by atoms with Crippen LogP contribution < -0.4 is 5.43 Å². The van der Waals surface area contributed by atoms with Crippen molar-refractivity contribution in [1.82, 2.24) is 5.43 Å². The van der Waals surface area contributed by atoms with Crippen molar-refractivity contribution < 1.29 is 0 Å². The molecular weight excluding hydrogens is 160 g/mol. The molecule has 2 aliphatic carbocycles. The summed E-state index contributed by atoms with van der Waals surface area (Å²) >= 11 is 0. The van der Waals surface area contributed by atoms with E-state index in [4.69, 9.17) is 0 Å². The van der Waals surface area contributed by atoms with E-state index in [-0.39, 0.29) is 0 Å². The molecule has 13 heavy (non-hydrogen) atoms. The fourth-order valence-corrected chi connectivity index (χ4v) is 2.07. The molecule has 0 aliphatic heterocycles. The molecule has 0 radical (unpaired) electrons. The molecule has 0 aromatic heterocycles. The van der Waals surface area contributed by atoms with E-state index in [2.05, 4.69) is 23.5 Å². The van der Waals surface area contributed by atoms with Gasteiger partial charge in [0.25, 0.3) is 0 Å². The van der Waals surface area contributed by atoms with Gasteiger partial charge in [-0.3, -0.25) is 0 Å². The second-order valence-electron chi connectivity index (χ2n) is 4.20. The molecule has 2 heteroatoms. The van der Waals surface area contributed by atoms with E-state index in [1.807, 2.05) is 0 Å². The zero-order valence-electron chi connectivity index (χ0n) is 8.34. The lowest BCUT2D eigenvalue weighted by Crippen LogP contribution is -2.21. The van der Waals surface area contributed by atoms with Crippen molar-refractivity contribution in [2.45, 2.75) is 51.5 Å². The second-order valence-corrected chi connectivity index (χ2v) is 4.20. The van der Waals surface area contributed by atoms with Gasteiger partial charge in [0.15, 0.2) is 0 Å². The number of hydrogen-bond acceptors (Lipinski definition) is 2. The molecule has 0 spiro atoms. The lowest BCUT2D eigenvalue weighted by molar-refractivity contribution is 0.546. The summed E-state index contributed by atoms with van der Waals surface area (Å²) in [5.41, 5.74) is 5.99. The average Bonchev–Trinajstić information content (AvgIpc) is 2.71. The van der Waals surface area contributed by atoms with E-state index in [1.165, 1.54) is 43.4 Å². The number of allylic oxidation sites excluding steroid dienone is 2. The molecule has 0 aromatic carbocycles. The summed E-state index contributed by atoms with van der Waals surface area (Å²) in [5, 5.41) is 4.45. The van der Waals surface area contributed by atoms with E-state index >= 15 is 0 Å². The molecule has 0 unspecified atom stereocenters. The van der Waals surface area contributed by atoms with Gasteiger partial charge in [0.05, 0.1) is 5.71 Å². The van der Waals surface area contributed by atoms with Crippen molar-refractivity contribution in [1.29, 1.82) is 0 Å². The van der Waals surface area contributed by atoms with Gasteiger partial charge in [-0.1, -0.05) is 18.4 Å². The van der Waals surface area contributed by atoms with Crippen LogP contribution in [0.25, 0.3) is 0 Å². The molecule has 2 rings (SSSR count). The standard InChI is InChI=1S/C11H18N2/c1-9-6-7-11(8-9)13-12-10-4-2-3-5-10/h8,10,12H,2-7H2,1H3/b13-11+. The summed E-state index contributed by atoms with van der Waals surface area (Å²) in [4.78, 5) is 0. The SMILES string of the molecule is CC1=C/C(=N/NC2CCCC2)CC1. The van der Waals surface area contributed by atoms with Crippen molar-refractivity contribution in [3.8, 4) is 0 Å². The Morgan fingerprint density at radius 3 is 2.69 bits per heavy atom. The third-order valence-electron chi connectivity index (χ3n) is 2.93. The van der Waals surface area contributed by atoms with E-state index in [0.717, 1.165) is 6.42 Å². The van der Waals surface area contributed by atoms with E-state index in [0.29, 0.717) is 6.04 Å². The maximum absolute atomic E-state index is 4.45. The van der Waals surface area contributed by atoms with Gasteiger partial charge < -0.3 is 5.43 Å². The number of rotatable bonds is 2. The molecule has 2 nitrogen and oxygen atoms in total. The Balaban J connectivity index is 1.83. The topological polar surface area (TPSA) is 24.4 Å². The van der Waals surface area contributed by atoms with E-state index in [1.54, 1.807) is 0 Å². The Morgan fingerprint density at radius 2 is 2.08 bits per heavy atom. The van der Waals surface area contributed by atoms with E-state index < -0.39 is 0 Å². The highest BCUT2D eigenvalue weighted by molar-refractivity contribution is 5.97. The first-order chi connectivity index (χ1) is 6.34. The maximum atomic E-state index is 4.45. The van der Waals surface area contributed by atoms with Gasteiger partial charge in [-0.2, -0.15) is 5.10 Å². The highest BCUT2D eigenvalue weighted by atomic mass is 15.3. The zero-order valence-corrected chi connectivity index (χ0v) is 8.34. The first kappa shape index (κ1) is 8.79. The molecular formula is C11H18N2. The summed E-state index contributed by atoms with van der Waals surface area (Å²) in [7, 11) is 0. The summed E-state index contributed by atoms with van der Waals surface area (Å²) in [6.45, 7) is 2.18. The van der Waals surface area contributed by atoms with Crippen LogP contribution in [0.2, 0.25) is 0 Å². The lowest BCUT2D eigenvalue weighted by Gasteiger charge is -2.07. The van der Waals surface area contributed by atoms with Crippen LogP contribution in [-0.4, -0.2) is 11.8 Å². The molecule has 0 heterocycles. The monoisotopic (exact) mass is 178 g/mol. The quantitative estimate of drug-likeness (QED) is 0.646. The van der Waals surface area contributed by atoms with Crippen molar-refractivity contribution in [2.24, 2.45) is 5.10 Å². The normalized spacial score (nSPS) is 26.8. The van der Waals surface area contributed by atoms with Gasteiger partial charge in [-0.15, -0.1) is 0 Å². The molecule has 2 aliphatic rings. The van der Waals surface area contributed by atoms with Gasteiger partial charge in [-0.05, 0) is 38.7 Å². The first-order valence-electron chi connectivity index (χ1n) is 5.34. The molecule has 0 atom stereocenters. The van der Waals surface area contributed by atoms with Crippen LogP contribution in [0.4, 0.5) is 0 Å². The van der Waals surface area contributed by atoms with Crippen molar-refractivity contribution in [2.75, 3.05) is 0 Å². The van der Waals surface area contributed by atoms with Gasteiger partial charge in [-0.25, -0.2) is 0 Å². The van der Waals surface area contributed by atoms with Crippen LogP contribution >= 0.6 is 0 Å². The van der Waals surface area contributed by atoms with Crippen LogP contribution in [0, 0.1) is 0 Å². The average molecular weight is 178 g/mol. The summed E-state index contributed by atoms with van der Waals surface area (Å²) < 4.78 is 0. The Kier molecular flexibility index (Phi) is 2.67. The Labute approximate surface area is 80.1 Å². The molecule has 0 bridgehead atoms. The van der Waals surface area contributed by atoms with Crippen LogP contribution in [0.5, 0.6) is 0 Å². The summed E-state index contributed by atoms with van der Waals surface area (Å²) in [6, 6.07) is 0.654. The third kappa shape index (κ3) is 2.33. The minimum absolute atomic E-state index is 0.654. The maximum Gasteiger partial charge on any atom is 0.0605 e. The third-order valence-corrected chi connectivity index (χ3v) is 2.93. The van der Waals surface area contributed by atoms with Crippen LogP contribution in [0.15, 0.2) is 16.8 Å². The summed E-state index contributed by atoms with van der Waals surface area (Å²) in [5.74, 6) is 0. The molecule has 1 fully saturated rings. The number of nitrogens with zero attached hydrogens (tertiary/aromatic N) is 1. The van der Waals surface area contributed by atoms with Gasteiger partial charge in [0.2, 0.25) is 0 Å². The largest absolute Gasteiger partial charge is 0.307 e. The van der Waals surface area contributed by atoms with Gasteiger partial charge in [0, 0.05) is 6.04 Å². The Bertz CT molecular complexity index is 234. The molecule has 0 saturated heterocycles. The van der Waals surface area contributed by atoms with Crippen LogP contribution in [-0.2, 0) is 0 Å². The molecule has 72 valence electrons. The molecule has 1 saturated carbocycles. The highest BCUT2D eigenvalue weighted by Gasteiger charge is 2.14. The fraction of sp³-hybridized carbons (Fsp3) is 0.727. The van der Waals surface area contributed by atoms with Crippen molar-refractivity contribution in [3.63, 3.8) is 0 Å². The predicted molar refractivity (Wildman–Crippen MR) is 55.8 cm³/mol. The minimum atomic E-state index is 0.654. The Hall–Kier alpha value is -0.790. The van der Waals surface area contributed by atoms with Crippen molar-refractivity contribution in [3.05, 3.63) is 11.6 Å². The number of nitrogens with one attached hydrogen (secondary N) is 1. The zero-order chi connectivity index (χ0) is 9.10. The first-order valence-corrected chi connectivity index (χ1v) is 5.34. The molecule has 1 N–H and O–H groups in total. The predicted octanol–water partition coefficient (Wildman–Crippen LogP) is 2.61. The molecule has 0 aromatic rings. The van der Waals surface area contributed by atoms with Gasteiger partial charge >= 0.3 is 0 Å². The van der Waals surface area contributed by atoms with Crippen molar-refractivity contribution >= 4 is 5.71 Å². The number of hydrogen-bond donors (Lipinski definition) is 1. The summed E-state index contributed by atoms with van der Waals surface area (Å²) in [6.07, 6.45) is 9.90. The Morgan fingerprint density at radius 1 is 1.31 bits per heavy atom. The van der Waals surface area contributed by atoms with Crippen LogP contribution in [0.1, 0.15) is 45.4 Å². The smallest absolute Gasteiger partial charge is 0.0605 e. The number of hydrazone groups is 1. The lowest BCUT2D eigenvalue weighted by atomic mass is 10.3. The van der Waals surface area contributed by atoms with Crippen LogP contribution in [0.3, 0.4) is 0 Å². The highest BCUT2D eigenvalue weighted by Crippen LogP contribution is 2.18. The molecule has 0 amide bonds. The fourth-order valence-electron chi connectivity index (χ4n) is 2.07.